The van der Waals surface area contributed by atoms with Crippen LogP contribution in [-0.4, -0.2) is 66.2 Å². The number of cyclic esters (lactones) is 2. The maximum Gasteiger partial charge on any atom is 0.317 e. The van der Waals surface area contributed by atoms with Crippen molar-refractivity contribution in [2.45, 2.75) is 177 Å². The molecule has 0 spiro atoms. The number of rotatable bonds is 10. The molecule has 7 fully saturated rings. The van der Waals surface area contributed by atoms with E-state index >= 15 is 0 Å². The Labute approximate surface area is 373 Å². The lowest BCUT2D eigenvalue weighted by molar-refractivity contribution is -0.182. The van der Waals surface area contributed by atoms with Crippen molar-refractivity contribution in [2.75, 3.05) is 13.9 Å². The summed E-state index contributed by atoms with van der Waals surface area (Å²) in [7, 11) is 1.47. The van der Waals surface area contributed by atoms with Gasteiger partial charge in [-0.2, -0.15) is 0 Å². The summed E-state index contributed by atoms with van der Waals surface area (Å²) >= 11 is 0. The predicted octanol–water partition coefficient (Wildman–Crippen LogP) is 10.7. The molecule has 6 bridgehead atoms. The maximum atomic E-state index is 14.4. The quantitative estimate of drug-likeness (QED) is 0.0966. The van der Waals surface area contributed by atoms with Crippen molar-refractivity contribution in [3.8, 4) is 0 Å². The summed E-state index contributed by atoms with van der Waals surface area (Å²) in [5.74, 6) is -3.39. The summed E-state index contributed by atoms with van der Waals surface area (Å²) in [6, 6.07) is 0. The van der Waals surface area contributed by atoms with Gasteiger partial charge in [0, 0.05) is 7.11 Å². The molecule has 1 saturated heterocycles. The first-order valence-electron chi connectivity index (χ1n) is 20.3. The van der Waals surface area contributed by atoms with E-state index in [4.69, 9.17) is 23.7 Å². The Morgan fingerprint density at radius 1 is 0.656 bits per heavy atom. The lowest BCUT2D eigenvalue weighted by Gasteiger charge is -2.52. The molecule has 11 heteroatoms. The molecule has 0 aromatic carbocycles. The molecule has 1 heterocycles. The minimum absolute atomic E-state index is 0. The second-order valence-corrected chi connectivity index (χ2v) is 20.1. The average Bonchev–Trinajstić information content (AvgIpc) is 3.90. The Kier molecular flexibility index (Phi) is 21.7. The molecule has 61 heavy (non-hydrogen) atoms. The zero-order valence-electron chi connectivity index (χ0n) is 33.1. The number of aliphatic hydroxyl groups excluding tert-OH is 1. The van der Waals surface area contributed by atoms with E-state index in [2.05, 4.69) is 6.92 Å². The minimum Gasteiger partial charge on any atom is -0.460 e. The second kappa shape index (κ2) is 21.9. The van der Waals surface area contributed by atoms with Crippen molar-refractivity contribution in [3.63, 3.8) is 0 Å². The third kappa shape index (κ3) is 10.7. The highest BCUT2D eigenvalue weighted by atomic mass is 16.7. The molecular weight excluding hydrogens is 777 g/mol. The van der Waals surface area contributed by atoms with E-state index in [1.807, 2.05) is 48.5 Å². The van der Waals surface area contributed by atoms with Gasteiger partial charge in [-0.3, -0.25) is 24.0 Å². The number of esters is 5. The van der Waals surface area contributed by atoms with Crippen LogP contribution in [0.4, 0.5) is 0 Å². The SMILES string of the molecule is C.C.C.C.C.C.C.C.COCOC(=O)C1C2CC(C1C(=O)OC(C)(C)C)C(C1C3CCC(C3)C1C1C(=O)OC(=O)C1C)C2C1C(C)C2CC(C(O)CC(=O)OC(C)(C)C)C1C2. The molecule has 6 aliphatic carbocycles. The zero-order valence-corrected chi connectivity index (χ0v) is 33.1. The van der Waals surface area contributed by atoms with Crippen LogP contribution in [0.5, 0.6) is 0 Å². The van der Waals surface area contributed by atoms with E-state index in [9.17, 15) is 29.1 Å². The number of ether oxygens (including phenoxy) is 5. The number of fused-ring (bicyclic) bond motifs is 6. The monoisotopic (exact) mass is 871 g/mol. The van der Waals surface area contributed by atoms with Crippen molar-refractivity contribution in [3.05, 3.63) is 0 Å². The first kappa shape index (κ1) is 60.6. The van der Waals surface area contributed by atoms with Crippen LogP contribution in [0.15, 0.2) is 0 Å². The summed E-state index contributed by atoms with van der Waals surface area (Å²) in [5, 5.41) is 11.7. The van der Waals surface area contributed by atoms with Gasteiger partial charge < -0.3 is 28.8 Å². The normalized spacial score (nSPS) is 38.9. The van der Waals surface area contributed by atoms with Gasteiger partial charge in [0.1, 0.15) is 11.2 Å². The molecule has 7 aliphatic rings. The molecule has 0 aromatic heterocycles. The van der Waals surface area contributed by atoms with Crippen molar-refractivity contribution in [1.29, 1.82) is 0 Å². The highest BCUT2D eigenvalue weighted by Crippen LogP contribution is 2.73. The van der Waals surface area contributed by atoms with Crippen LogP contribution in [0.1, 0.15) is 160 Å². The summed E-state index contributed by atoms with van der Waals surface area (Å²) in [5.41, 5.74) is -1.41. The molecule has 18 atom stereocenters. The van der Waals surface area contributed by atoms with Gasteiger partial charge >= 0.3 is 29.8 Å². The van der Waals surface area contributed by atoms with E-state index in [-0.39, 0.29) is 132 Å². The number of aliphatic hydroxyl groups is 1. The number of carbonyl (C=O) groups is 5. The van der Waals surface area contributed by atoms with Crippen molar-refractivity contribution < 1.29 is 52.8 Å². The van der Waals surface area contributed by atoms with E-state index in [1.54, 1.807) is 0 Å². The number of hydrogen-bond donors (Lipinski definition) is 1. The second-order valence-electron chi connectivity index (χ2n) is 20.1. The van der Waals surface area contributed by atoms with Crippen LogP contribution < -0.4 is 0 Å². The summed E-state index contributed by atoms with van der Waals surface area (Å²) < 4.78 is 27.8. The van der Waals surface area contributed by atoms with Gasteiger partial charge in [0.25, 0.3) is 0 Å². The molecule has 1 N–H and O–H groups in total. The summed E-state index contributed by atoms with van der Waals surface area (Å²) in [6.45, 7) is 14.9. The van der Waals surface area contributed by atoms with Crippen molar-refractivity contribution >= 4 is 29.8 Å². The Balaban J connectivity index is 0. The van der Waals surface area contributed by atoms with Gasteiger partial charge in [0.05, 0.1) is 36.2 Å². The van der Waals surface area contributed by atoms with E-state index < -0.39 is 64.9 Å². The number of hydrogen-bond acceptors (Lipinski definition) is 11. The lowest BCUT2D eigenvalue weighted by atomic mass is 9.52. The van der Waals surface area contributed by atoms with Crippen LogP contribution in [0.2, 0.25) is 0 Å². The minimum atomic E-state index is -0.848. The first-order chi connectivity index (χ1) is 24.8. The molecule has 360 valence electrons. The van der Waals surface area contributed by atoms with E-state index in [0.717, 1.165) is 32.1 Å². The van der Waals surface area contributed by atoms with Crippen LogP contribution in [0, 0.1) is 101 Å². The van der Waals surface area contributed by atoms with Crippen LogP contribution >= 0.6 is 0 Å². The third-order valence-electron chi connectivity index (χ3n) is 15.1. The molecule has 0 radical (unpaired) electrons. The van der Waals surface area contributed by atoms with Gasteiger partial charge in [0.15, 0.2) is 6.79 Å². The fourth-order valence-corrected chi connectivity index (χ4v) is 13.9. The fourth-order valence-electron chi connectivity index (χ4n) is 13.9. The Bertz CT molecular complexity index is 1480. The van der Waals surface area contributed by atoms with E-state index in [1.165, 1.54) is 7.11 Å². The largest absolute Gasteiger partial charge is 0.460 e. The summed E-state index contributed by atoms with van der Waals surface area (Å²) in [6.07, 6.45) is 4.56. The van der Waals surface area contributed by atoms with Crippen molar-refractivity contribution in [2.24, 2.45) is 101 Å². The van der Waals surface area contributed by atoms with Crippen LogP contribution in [0.25, 0.3) is 0 Å². The third-order valence-corrected chi connectivity index (χ3v) is 15.1. The van der Waals surface area contributed by atoms with Crippen LogP contribution in [0.3, 0.4) is 0 Å². The van der Waals surface area contributed by atoms with Gasteiger partial charge in [-0.25, -0.2) is 0 Å². The first-order valence-corrected chi connectivity index (χ1v) is 20.3. The van der Waals surface area contributed by atoms with Gasteiger partial charge in [-0.15, -0.1) is 0 Å². The molecule has 1 aliphatic heterocycles. The summed E-state index contributed by atoms with van der Waals surface area (Å²) in [4.78, 5) is 67.7. The maximum absolute atomic E-state index is 14.4. The molecule has 11 nitrogen and oxygen atoms in total. The average molecular weight is 871 g/mol. The predicted molar refractivity (Wildman–Crippen MR) is 244 cm³/mol. The van der Waals surface area contributed by atoms with Crippen LogP contribution in [-0.2, 0) is 47.7 Å². The molecule has 6 saturated carbocycles. The van der Waals surface area contributed by atoms with Crippen molar-refractivity contribution in [1.82, 2.24) is 0 Å². The van der Waals surface area contributed by atoms with Gasteiger partial charge in [-0.05, 0) is 157 Å². The molecular formula is C50H94O11. The Morgan fingerprint density at radius 2 is 1.18 bits per heavy atom. The molecule has 0 aromatic rings. The lowest BCUT2D eigenvalue weighted by Crippen LogP contribution is -2.53. The fraction of sp³-hybridized carbons (Fsp3) is 0.900. The Hall–Kier alpha value is -2.53. The standard InChI is InChI=1S/C42H62O11.8CH4/c1-18-22-13-23(27(43)16-28(44)52-41(3,4)5)24(14-22)29(18)33-25-15-26(36(40(48)53-42(6,7)8)35(25)38(46)50-17-49-9)34(33)32-21-11-10-20(12-21)31(32)30-19(2)37(45)51-39(30)47;;;;;;;;/h18-27,29-36,43H,10-17H2,1-9H3;8*1H4. The highest BCUT2D eigenvalue weighted by molar-refractivity contribution is 5.96. The topological polar surface area (TPSA) is 152 Å². The Morgan fingerprint density at radius 3 is 1.67 bits per heavy atom. The molecule has 7 rings (SSSR count). The van der Waals surface area contributed by atoms with E-state index in [0.29, 0.717) is 30.1 Å². The number of methoxy groups -OCH3 is 1. The highest BCUT2D eigenvalue weighted by Gasteiger charge is 2.72. The zero-order chi connectivity index (χ0) is 38.5. The molecule has 18 unspecified atom stereocenters. The smallest absolute Gasteiger partial charge is 0.317 e. The number of carbonyl (C=O) groups excluding carboxylic acids is 5. The molecule has 0 amide bonds. The van der Waals surface area contributed by atoms with Gasteiger partial charge in [-0.1, -0.05) is 73.3 Å². The van der Waals surface area contributed by atoms with Gasteiger partial charge in [0.2, 0.25) is 0 Å².